The van der Waals surface area contributed by atoms with E-state index in [0.29, 0.717) is 30.0 Å². The van der Waals surface area contributed by atoms with Crippen LogP contribution in [-0.4, -0.2) is 50.7 Å². The molecule has 0 aliphatic rings. The number of rotatable bonds is 8. The summed E-state index contributed by atoms with van der Waals surface area (Å²) in [6.07, 6.45) is 0. The summed E-state index contributed by atoms with van der Waals surface area (Å²) in [7, 11) is 0. The molecule has 0 saturated carbocycles. The summed E-state index contributed by atoms with van der Waals surface area (Å²) in [6.45, 7) is 13.0. The third-order valence-corrected chi connectivity index (χ3v) is 3.84. The molecule has 0 aliphatic carbocycles. The molecular formula is C15H27N5O3. The minimum atomic E-state index is -0.463. The minimum absolute atomic E-state index is 0.0100. The highest BCUT2D eigenvalue weighted by atomic mass is 16.6. The van der Waals surface area contributed by atoms with Gasteiger partial charge < -0.3 is 5.32 Å². The van der Waals surface area contributed by atoms with E-state index in [0.717, 1.165) is 6.54 Å². The molecule has 0 aromatic carbocycles. The number of nitro groups is 1. The maximum absolute atomic E-state index is 12.0. The Morgan fingerprint density at radius 2 is 1.87 bits per heavy atom. The van der Waals surface area contributed by atoms with Crippen LogP contribution in [0.4, 0.5) is 5.69 Å². The van der Waals surface area contributed by atoms with E-state index >= 15 is 0 Å². The van der Waals surface area contributed by atoms with Gasteiger partial charge in [0.05, 0.1) is 4.92 Å². The zero-order chi connectivity index (χ0) is 17.7. The van der Waals surface area contributed by atoms with E-state index in [1.807, 2.05) is 0 Å². The van der Waals surface area contributed by atoms with Gasteiger partial charge in [-0.15, -0.1) is 0 Å². The number of carbonyl (C=O) groups excluding carboxylic acids is 1. The maximum Gasteiger partial charge on any atom is 0.312 e. The second-order valence-corrected chi connectivity index (χ2v) is 6.21. The molecule has 0 bridgehead atoms. The van der Waals surface area contributed by atoms with Crippen LogP contribution in [0.15, 0.2) is 0 Å². The van der Waals surface area contributed by atoms with Gasteiger partial charge in [-0.3, -0.25) is 24.5 Å². The average Bonchev–Trinajstić information content (AvgIpc) is 2.68. The molecule has 1 rings (SSSR count). The van der Waals surface area contributed by atoms with Gasteiger partial charge in [0.1, 0.15) is 17.9 Å². The van der Waals surface area contributed by atoms with Crippen molar-refractivity contribution in [2.45, 2.75) is 60.2 Å². The van der Waals surface area contributed by atoms with Gasteiger partial charge in [0.25, 0.3) is 0 Å². The molecule has 0 radical (unpaired) electrons. The van der Waals surface area contributed by atoms with Crippen LogP contribution in [0.2, 0.25) is 0 Å². The number of nitrogens with one attached hydrogen (secondary N) is 1. The second kappa shape index (κ2) is 8.05. The van der Waals surface area contributed by atoms with E-state index in [2.05, 4.69) is 43.0 Å². The molecule has 8 nitrogen and oxygen atoms in total. The lowest BCUT2D eigenvalue weighted by Crippen LogP contribution is -2.43. The van der Waals surface area contributed by atoms with Crippen molar-refractivity contribution < 1.29 is 9.72 Å². The van der Waals surface area contributed by atoms with Crippen molar-refractivity contribution in [3.63, 3.8) is 0 Å². The van der Waals surface area contributed by atoms with Crippen molar-refractivity contribution in [1.29, 1.82) is 0 Å². The van der Waals surface area contributed by atoms with Crippen LogP contribution < -0.4 is 5.32 Å². The third-order valence-electron chi connectivity index (χ3n) is 3.84. The van der Waals surface area contributed by atoms with E-state index in [1.54, 1.807) is 13.8 Å². The van der Waals surface area contributed by atoms with Crippen molar-refractivity contribution in [2.24, 2.45) is 0 Å². The van der Waals surface area contributed by atoms with Gasteiger partial charge in [0.2, 0.25) is 5.91 Å². The summed E-state index contributed by atoms with van der Waals surface area (Å²) in [5.74, 6) is -0.196. The first-order valence-electron chi connectivity index (χ1n) is 7.86. The summed E-state index contributed by atoms with van der Waals surface area (Å²) in [4.78, 5) is 24.8. The number of aromatic nitrogens is 2. The van der Waals surface area contributed by atoms with Gasteiger partial charge in [-0.05, 0) is 41.5 Å². The van der Waals surface area contributed by atoms with Crippen molar-refractivity contribution in [3.8, 4) is 0 Å². The first-order chi connectivity index (χ1) is 10.6. The Hall–Kier alpha value is -1.96. The number of carbonyl (C=O) groups is 1. The molecule has 1 amide bonds. The second-order valence-electron chi connectivity index (χ2n) is 6.21. The van der Waals surface area contributed by atoms with Crippen LogP contribution in [0.5, 0.6) is 0 Å². The smallest absolute Gasteiger partial charge is 0.312 e. The maximum atomic E-state index is 12.0. The number of hydrogen-bond acceptors (Lipinski definition) is 5. The van der Waals surface area contributed by atoms with Gasteiger partial charge in [0.15, 0.2) is 0 Å². The highest BCUT2D eigenvalue weighted by Gasteiger charge is 2.22. The molecule has 0 fully saturated rings. The van der Waals surface area contributed by atoms with Crippen LogP contribution in [0.1, 0.15) is 39.1 Å². The molecule has 0 spiro atoms. The van der Waals surface area contributed by atoms with Crippen LogP contribution in [-0.2, 0) is 11.3 Å². The number of aryl methyl sites for hydroxylation is 1. The molecule has 1 heterocycles. The van der Waals surface area contributed by atoms with Crippen LogP contribution in [0.3, 0.4) is 0 Å². The fourth-order valence-corrected chi connectivity index (χ4v) is 2.73. The summed E-state index contributed by atoms with van der Waals surface area (Å²) in [5.41, 5.74) is 0.698. The molecule has 130 valence electrons. The Morgan fingerprint density at radius 3 is 2.30 bits per heavy atom. The zero-order valence-electron chi connectivity index (χ0n) is 14.8. The molecule has 0 aliphatic heterocycles. The normalized spacial score (nSPS) is 11.5. The van der Waals surface area contributed by atoms with E-state index in [1.165, 1.54) is 4.68 Å². The van der Waals surface area contributed by atoms with Crippen molar-refractivity contribution in [3.05, 3.63) is 21.5 Å². The van der Waals surface area contributed by atoms with Gasteiger partial charge in [-0.25, -0.2) is 0 Å². The molecule has 23 heavy (non-hydrogen) atoms. The van der Waals surface area contributed by atoms with Gasteiger partial charge in [-0.2, -0.15) is 5.10 Å². The summed E-state index contributed by atoms with van der Waals surface area (Å²) in [5, 5.41) is 17.9. The zero-order valence-corrected chi connectivity index (χ0v) is 14.8. The van der Waals surface area contributed by atoms with Crippen LogP contribution in [0.25, 0.3) is 0 Å². The lowest BCUT2D eigenvalue weighted by atomic mass is 10.2. The van der Waals surface area contributed by atoms with Crippen LogP contribution >= 0.6 is 0 Å². The average molecular weight is 325 g/mol. The summed E-state index contributed by atoms with van der Waals surface area (Å²) >= 11 is 0. The van der Waals surface area contributed by atoms with E-state index in [9.17, 15) is 14.9 Å². The Bertz CT molecular complexity index is 558. The van der Waals surface area contributed by atoms with Crippen LogP contribution in [0, 0.1) is 24.0 Å². The lowest BCUT2D eigenvalue weighted by Gasteiger charge is -2.30. The molecular weight excluding hydrogens is 298 g/mol. The fourth-order valence-electron chi connectivity index (χ4n) is 2.73. The summed E-state index contributed by atoms with van der Waals surface area (Å²) < 4.78 is 1.38. The largest absolute Gasteiger partial charge is 0.353 e. The van der Waals surface area contributed by atoms with Gasteiger partial charge in [-0.1, -0.05) is 0 Å². The predicted octanol–water partition coefficient (Wildman–Crippen LogP) is 1.64. The summed E-state index contributed by atoms with van der Waals surface area (Å²) in [6, 6.07) is 0.816. The molecule has 0 saturated heterocycles. The number of amides is 1. The molecule has 0 atom stereocenters. The Balaban J connectivity index is 2.58. The molecule has 0 unspecified atom stereocenters. The first kappa shape index (κ1) is 19.1. The Labute approximate surface area is 137 Å². The molecule has 8 heteroatoms. The van der Waals surface area contributed by atoms with Crippen molar-refractivity contribution >= 4 is 11.6 Å². The lowest BCUT2D eigenvalue weighted by molar-refractivity contribution is -0.386. The predicted molar refractivity (Wildman–Crippen MR) is 88.3 cm³/mol. The monoisotopic (exact) mass is 325 g/mol. The Kier molecular flexibility index (Phi) is 6.68. The highest BCUT2D eigenvalue weighted by molar-refractivity contribution is 5.75. The van der Waals surface area contributed by atoms with Crippen molar-refractivity contribution in [2.75, 3.05) is 13.1 Å². The molecule has 1 N–H and O–H groups in total. The third kappa shape index (κ3) is 5.02. The van der Waals surface area contributed by atoms with Crippen molar-refractivity contribution in [1.82, 2.24) is 20.0 Å². The first-order valence-corrected chi connectivity index (χ1v) is 7.86. The topological polar surface area (TPSA) is 93.3 Å². The van der Waals surface area contributed by atoms with E-state index in [-0.39, 0.29) is 18.1 Å². The van der Waals surface area contributed by atoms with Gasteiger partial charge >= 0.3 is 5.69 Å². The SMILES string of the molecule is Cc1nn(CC(=O)NCCN(C(C)C)C(C)C)c(C)c1[N+](=O)[O-]. The van der Waals surface area contributed by atoms with E-state index < -0.39 is 4.92 Å². The van der Waals surface area contributed by atoms with E-state index in [4.69, 9.17) is 0 Å². The minimum Gasteiger partial charge on any atom is -0.353 e. The fraction of sp³-hybridized carbons (Fsp3) is 0.733. The Morgan fingerprint density at radius 1 is 1.30 bits per heavy atom. The quantitative estimate of drug-likeness (QED) is 0.579. The highest BCUT2D eigenvalue weighted by Crippen LogP contribution is 2.21. The molecule has 1 aromatic rings. The van der Waals surface area contributed by atoms with Gasteiger partial charge in [0, 0.05) is 25.2 Å². The number of nitrogens with zero attached hydrogens (tertiary/aromatic N) is 4. The molecule has 1 aromatic heterocycles. The standard InChI is InChI=1S/C15H27N5O3/c1-10(2)18(11(3)4)8-7-16-14(21)9-19-13(6)15(20(22)23)12(5)17-19/h10-11H,7-9H2,1-6H3,(H,16,21). The number of hydrogen-bond donors (Lipinski definition) is 1.